The van der Waals surface area contributed by atoms with E-state index in [0.29, 0.717) is 41.8 Å². The van der Waals surface area contributed by atoms with Gasteiger partial charge in [0, 0.05) is 73.5 Å². The summed E-state index contributed by atoms with van der Waals surface area (Å²) in [7, 11) is -3.90. The van der Waals surface area contributed by atoms with E-state index >= 15 is 0 Å². The number of nitrogens with zero attached hydrogens (tertiary/aromatic N) is 1. The van der Waals surface area contributed by atoms with E-state index in [2.05, 4.69) is 26.0 Å². The second-order valence-electron chi connectivity index (χ2n) is 16.4. The van der Waals surface area contributed by atoms with Crippen molar-refractivity contribution in [2.75, 3.05) is 25.0 Å². The van der Waals surface area contributed by atoms with Gasteiger partial charge in [-0.3, -0.25) is 14.4 Å². The molecule has 348 valence electrons. The van der Waals surface area contributed by atoms with Gasteiger partial charge in [-0.25, -0.2) is 22.7 Å². The van der Waals surface area contributed by atoms with Gasteiger partial charge in [-0.2, -0.15) is 0 Å². The molecule has 3 aliphatic heterocycles. The number of esters is 1. The third kappa shape index (κ3) is 9.67. The first kappa shape index (κ1) is 46.2. The van der Waals surface area contributed by atoms with E-state index in [1.54, 1.807) is 54.6 Å². The summed E-state index contributed by atoms with van der Waals surface area (Å²) in [5.74, 6) is -3.09. The maximum atomic E-state index is 13.5. The molecule has 3 atom stereocenters. The number of aliphatic carboxylic acids is 1. The first-order valence-electron chi connectivity index (χ1n) is 21.4. The number of thiocarbonyl (C=S) groups is 1. The molecule has 0 saturated carbocycles. The van der Waals surface area contributed by atoms with Crippen LogP contribution >= 0.6 is 12.2 Å². The first-order chi connectivity index (χ1) is 32.0. The number of sulfonamides is 1. The molecule has 0 bridgehead atoms. The number of hydrogen-bond acceptors (Lipinski definition) is 12. The molecule has 18 nitrogen and oxygen atoms in total. The number of rotatable bonds is 15. The van der Waals surface area contributed by atoms with Gasteiger partial charge in [0.2, 0.25) is 27.7 Å². The van der Waals surface area contributed by atoms with Crippen molar-refractivity contribution in [1.82, 2.24) is 25.6 Å². The van der Waals surface area contributed by atoms with Crippen molar-refractivity contribution < 1.29 is 57.2 Å². The average molecular weight is 951 g/mol. The molecule has 8 rings (SSSR count). The average Bonchev–Trinajstić information content (AvgIpc) is 3.84. The maximum Gasteiger partial charge on any atom is 0.340 e. The Hall–Kier alpha value is -7.29. The Bertz CT molecular complexity index is 2900. The van der Waals surface area contributed by atoms with Crippen LogP contribution in [-0.2, 0) is 39.5 Å². The van der Waals surface area contributed by atoms with Gasteiger partial charge in [0.25, 0.3) is 0 Å². The third-order valence-electron chi connectivity index (χ3n) is 11.9. The maximum absolute atomic E-state index is 13.5. The highest BCUT2D eigenvalue weighted by Gasteiger charge is 2.54. The number of hydrogen-bond donors (Lipinski definition) is 8. The molecule has 3 aliphatic rings. The van der Waals surface area contributed by atoms with Gasteiger partial charge in [-0.15, -0.1) is 0 Å². The van der Waals surface area contributed by atoms with Crippen molar-refractivity contribution in [3.05, 3.63) is 119 Å². The fourth-order valence-electron chi connectivity index (χ4n) is 8.71. The summed E-state index contributed by atoms with van der Waals surface area (Å²) in [4.78, 5) is 65.8. The SMILES string of the molecule is CC(=O)N1C[C@@H](NC(=O)CCNS(=O)(=O)c2ccc3ccccc3c2)C[C@@H]1C(=O)N[C@H](CCCCNC(=S)Nc1ccc2c(c1)C(=O)OC21c2ccc(O)cc2Oc2cc(O)ccc21)C(=O)O. The number of anilines is 1. The smallest absolute Gasteiger partial charge is 0.340 e. The summed E-state index contributed by atoms with van der Waals surface area (Å²) in [6.45, 7) is 1.42. The molecule has 0 aliphatic carbocycles. The zero-order chi connectivity index (χ0) is 47.6. The number of phenolic OH excluding ortho intramolecular Hbond substituents is 2. The highest BCUT2D eigenvalue weighted by molar-refractivity contribution is 7.89. The van der Waals surface area contributed by atoms with Crippen molar-refractivity contribution in [2.24, 2.45) is 0 Å². The lowest BCUT2D eigenvalue weighted by Gasteiger charge is -2.36. The standard InChI is InChI=1S/C47H46N6O12S2/c1-26(54)53-25-30(50-42(57)17-19-49-67(62,63)33-13-9-27-6-2-3-7-28(27)20-33)22-39(53)43(58)52-38(44(59)60)8-4-5-18-48-46(66)51-29-10-14-35-34(21-29)45(61)65-47(35)36-15-11-31(55)23-40(36)64-41-24-32(56)12-16-37(41)47/h2-3,6-7,9-16,20-21,23-24,30,38-39,49,55-56H,4-5,8,17-19,22,25H2,1H3,(H,50,57)(H,52,58)(H,59,60)(H2,48,51,66)/t30-,38+,39+/m0/s1. The van der Waals surface area contributed by atoms with Gasteiger partial charge in [0.15, 0.2) is 10.7 Å². The molecular weight excluding hydrogens is 905 g/mol. The van der Waals surface area contributed by atoms with E-state index in [1.807, 2.05) is 12.1 Å². The predicted octanol–water partition coefficient (Wildman–Crippen LogP) is 4.32. The predicted molar refractivity (Wildman–Crippen MR) is 247 cm³/mol. The summed E-state index contributed by atoms with van der Waals surface area (Å²) in [6, 6.07) is 23.1. The molecule has 8 N–H and O–H groups in total. The van der Waals surface area contributed by atoms with Crippen LogP contribution in [-0.4, -0.2) is 101 Å². The number of benzene rings is 5. The Morgan fingerprint density at radius 2 is 1.55 bits per heavy atom. The van der Waals surface area contributed by atoms with Crippen molar-refractivity contribution in [1.29, 1.82) is 0 Å². The lowest BCUT2D eigenvalue weighted by atomic mass is 9.77. The monoisotopic (exact) mass is 950 g/mol. The summed E-state index contributed by atoms with van der Waals surface area (Å²) in [5.41, 5.74) is 0.820. The number of likely N-dealkylation sites (tertiary alicyclic amines) is 1. The first-order valence-corrected chi connectivity index (χ1v) is 23.3. The number of fused-ring (bicyclic) bond motifs is 7. The van der Waals surface area contributed by atoms with Gasteiger partial charge in [-0.05, 0) is 97.2 Å². The number of amides is 3. The van der Waals surface area contributed by atoms with Crippen LogP contribution in [0.25, 0.3) is 10.8 Å². The third-order valence-corrected chi connectivity index (χ3v) is 13.6. The number of carbonyl (C=O) groups excluding carboxylic acids is 4. The van der Waals surface area contributed by atoms with E-state index in [-0.39, 0.29) is 70.9 Å². The van der Waals surface area contributed by atoms with Gasteiger partial charge in [0.1, 0.15) is 35.1 Å². The highest BCUT2D eigenvalue weighted by atomic mass is 32.2. The fourth-order valence-corrected chi connectivity index (χ4v) is 10.00. The molecule has 1 fully saturated rings. The zero-order valence-corrected chi connectivity index (χ0v) is 37.5. The van der Waals surface area contributed by atoms with Gasteiger partial charge in [0.05, 0.1) is 10.5 Å². The van der Waals surface area contributed by atoms with Crippen LogP contribution in [0, 0.1) is 0 Å². The van der Waals surface area contributed by atoms with Crippen LogP contribution in [0.15, 0.2) is 102 Å². The van der Waals surface area contributed by atoms with E-state index in [0.717, 1.165) is 10.8 Å². The van der Waals surface area contributed by atoms with Crippen LogP contribution < -0.4 is 30.7 Å². The Balaban J connectivity index is 0.798. The topological polar surface area (TPSA) is 262 Å². The van der Waals surface area contributed by atoms with Crippen LogP contribution in [0.1, 0.15) is 66.1 Å². The molecule has 1 spiro atoms. The van der Waals surface area contributed by atoms with Crippen LogP contribution in [0.2, 0.25) is 0 Å². The quantitative estimate of drug-likeness (QED) is 0.0413. The van der Waals surface area contributed by atoms with Gasteiger partial charge >= 0.3 is 11.9 Å². The highest BCUT2D eigenvalue weighted by Crippen LogP contribution is 2.57. The molecule has 3 amide bonds. The number of aromatic hydroxyl groups is 2. The Morgan fingerprint density at radius 3 is 2.24 bits per heavy atom. The molecular formula is C47H46N6O12S2. The number of carbonyl (C=O) groups is 5. The molecule has 5 aromatic rings. The van der Waals surface area contributed by atoms with E-state index in [9.17, 15) is 47.7 Å². The Kier molecular flexibility index (Phi) is 13.0. The largest absolute Gasteiger partial charge is 0.508 e. The minimum absolute atomic E-state index is 0.00632. The molecule has 0 aromatic heterocycles. The van der Waals surface area contributed by atoms with Crippen LogP contribution in [0.3, 0.4) is 0 Å². The van der Waals surface area contributed by atoms with Crippen molar-refractivity contribution in [3.8, 4) is 23.0 Å². The van der Waals surface area contributed by atoms with Crippen molar-refractivity contribution >= 4 is 73.5 Å². The molecule has 0 unspecified atom stereocenters. The molecule has 20 heteroatoms. The van der Waals surface area contributed by atoms with Gasteiger partial charge in [-0.1, -0.05) is 36.4 Å². The fraction of sp³-hybridized carbons (Fsp3) is 0.277. The van der Waals surface area contributed by atoms with E-state index in [1.165, 1.54) is 42.2 Å². The van der Waals surface area contributed by atoms with Crippen molar-refractivity contribution in [2.45, 2.75) is 67.6 Å². The number of unbranched alkanes of at least 4 members (excludes halogenated alkanes) is 1. The molecule has 1 saturated heterocycles. The number of nitrogens with one attached hydrogen (secondary N) is 5. The normalized spacial score (nSPS) is 17.0. The lowest BCUT2D eigenvalue weighted by Crippen LogP contribution is -2.50. The summed E-state index contributed by atoms with van der Waals surface area (Å²) in [5, 5.41) is 43.6. The minimum atomic E-state index is -3.90. The number of carboxylic acid groups (broad SMARTS) is 1. The molecule has 5 aromatic carbocycles. The molecule has 0 radical (unpaired) electrons. The zero-order valence-electron chi connectivity index (χ0n) is 35.9. The van der Waals surface area contributed by atoms with Gasteiger partial charge < -0.3 is 51.0 Å². The summed E-state index contributed by atoms with van der Waals surface area (Å²) < 4.78 is 40.3. The number of phenols is 2. The second kappa shape index (κ2) is 18.9. The van der Waals surface area contributed by atoms with Crippen molar-refractivity contribution in [3.63, 3.8) is 0 Å². The molecule has 67 heavy (non-hydrogen) atoms. The van der Waals surface area contributed by atoms with E-state index < -0.39 is 63.4 Å². The minimum Gasteiger partial charge on any atom is -0.508 e. The van der Waals surface area contributed by atoms with E-state index in [4.69, 9.17) is 21.7 Å². The number of carboxylic acids is 1. The summed E-state index contributed by atoms with van der Waals surface area (Å²) in [6.07, 6.45) is 0.719. The molecule has 3 heterocycles. The number of ether oxygens (including phenoxy) is 2. The van der Waals surface area contributed by atoms with Crippen LogP contribution in [0.4, 0.5) is 5.69 Å². The lowest BCUT2D eigenvalue weighted by molar-refractivity contribution is -0.143. The Morgan fingerprint density at radius 1 is 0.866 bits per heavy atom. The Labute approximate surface area is 389 Å². The van der Waals surface area contributed by atoms with Crippen LogP contribution in [0.5, 0.6) is 23.0 Å². The summed E-state index contributed by atoms with van der Waals surface area (Å²) >= 11 is 5.50. The second-order valence-corrected chi connectivity index (χ2v) is 18.6.